The van der Waals surface area contributed by atoms with Crippen molar-refractivity contribution < 1.29 is 15.6 Å². The quantitative estimate of drug-likeness (QED) is 0.774. The van der Waals surface area contributed by atoms with Crippen molar-refractivity contribution in [3.63, 3.8) is 0 Å². The zero-order valence-corrected chi connectivity index (χ0v) is 13.2. The van der Waals surface area contributed by atoms with Crippen LogP contribution in [0.2, 0.25) is 0 Å². The van der Waals surface area contributed by atoms with Gasteiger partial charge in [0.1, 0.15) is 5.78 Å². The number of ketones is 1. The first-order chi connectivity index (χ1) is 11.1. The van der Waals surface area contributed by atoms with Crippen LogP contribution in [0.4, 0.5) is 0 Å². The summed E-state index contributed by atoms with van der Waals surface area (Å²) in [6.07, 6.45) is 5.84. The molecule has 1 aromatic rings. The highest BCUT2D eigenvalue weighted by atomic mass is 16.7. The molecule has 3 nitrogen and oxygen atoms in total. The Balaban J connectivity index is 1.50. The first-order valence-electron chi connectivity index (χ1n) is 8.97. The Morgan fingerprint density at radius 2 is 1.91 bits per heavy atom. The van der Waals surface area contributed by atoms with Gasteiger partial charge in [0.2, 0.25) is 0 Å². The number of carbonyl (C=O) groups excluding carboxylic acids is 1. The molecule has 0 bridgehead atoms. The highest BCUT2D eigenvalue weighted by Gasteiger charge is 2.40. The van der Waals surface area contributed by atoms with E-state index in [-0.39, 0.29) is 5.78 Å². The molecule has 1 unspecified atom stereocenters. The molecule has 0 radical (unpaired) electrons. The van der Waals surface area contributed by atoms with Gasteiger partial charge in [-0.05, 0) is 31.2 Å². The third-order valence-electron chi connectivity index (χ3n) is 4.79. The molecule has 1 saturated heterocycles. The third kappa shape index (κ3) is 3.96. The number of carbonyl (C=O) groups is 1. The van der Waals surface area contributed by atoms with Crippen LogP contribution in [-0.2, 0) is 20.7 Å². The summed E-state index contributed by atoms with van der Waals surface area (Å²) in [4.78, 5) is 12.4. The van der Waals surface area contributed by atoms with E-state index < -0.39 is 11.7 Å². The van der Waals surface area contributed by atoms with Gasteiger partial charge in [-0.1, -0.05) is 36.8 Å². The summed E-state index contributed by atoms with van der Waals surface area (Å²) < 4.78 is 20.1. The molecule has 2 fully saturated rings. The van der Waals surface area contributed by atoms with Crippen molar-refractivity contribution in [1.82, 2.24) is 0 Å². The van der Waals surface area contributed by atoms with Gasteiger partial charge in [0, 0.05) is 26.5 Å². The fourth-order valence-electron chi connectivity index (χ4n) is 3.45. The van der Waals surface area contributed by atoms with Crippen molar-refractivity contribution in [2.24, 2.45) is 5.89 Å². The van der Waals surface area contributed by atoms with Crippen LogP contribution in [-0.4, -0.2) is 24.8 Å². The maximum Gasteiger partial charge on any atom is 0.168 e. The van der Waals surface area contributed by atoms with E-state index in [1.165, 1.54) is 5.56 Å². The molecule has 2 aliphatic rings. The van der Waals surface area contributed by atoms with Crippen molar-refractivity contribution in [1.29, 1.82) is 0 Å². The zero-order chi connectivity index (χ0) is 16.2. The molecule has 120 valence electrons. The van der Waals surface area contributed by atoms with Crippen LogP contribution < -0.4 is 0 Å². The number of unbranched alkanes of at least 4 members (excludes halogenated alkanes) is 1. The predicted molar refractivity (Wildman–Crippen MR) is 85.6 cm³/mol. The van der Waals surface area contributed by atoms with E-state index in [0.717, 1.165) is 19.3 Å². The van der Waals surface area contributed by atoms with E-state index in [9.17, 15) is 4.79 Å². The van der Waals surface area contributed by atoms with Crippen molar-refractivity contribution in [2.75, 3.05) is 13.2 Å². The first-order valence-corrected chi connectivity index (χ1v) is 8.47. The van der Waals surface area contributed by atoms with Crippen LogP contribution in [0.1, 0.15) is 51.9 Å². The van der Waals surface area contributed by atoms with Crippen molar-refractivity contribution >= 4 is 5.78 Å². The van der Waals surface area contributed by atoms with Gasteiger partial charge < -0.3 is 9.47 Å². The summed E-state index contributed by atoms with van der Waals surface area (Å²) >= 11 is 0. The smallest absolute Gasteiger partial charge is 0.168 e. The lowest BCUT2D eigenvalue weighted by atomic mass is 9.92. The molecule has 1 atom stereocenters. The SMILES string of the molecule is [2H]C1(CCCCc2ccccc2)CCC2(CCC1=O)OCCO2. The molecule has 1 spiro atoms. The van der Waals surface area contributed by atoms with Gasteiger partial charge in [0.05, 0.1) is 13.2 Å². The van der Waals surface area contributed by atoms with Gasteiger partial charge in [-0.15, -0.1) is 0 Å². The lowest BCUT2D eigenvalue weighted by Gasteiger charge is -2.25. The van der Waals surface area contributed by atoms with E-state index in [2.05, 4.69) is 24.3 Å². The minimum absolute atomic E-state index is 0.0631. The summed E-state index contributed by atoms with van der Waals surface area (Å²) in [7, 11) is 0. The van der Waals surface area contributed by atoms with Crippen LogP contribution in [0, 0.1) is 5.89 Å². The van der Waals surface area contributed by atoms with Crippen LogP contribution in [0.25, 0.3) is 0 Å². The van der Waals surface area contributed by atoms with Crippen LogP contribution >= 0.6 is 0 Å². The van der Waals surface area contributed by atoms with Crippen LogP contribution in [0.5, 0.6) is 0 Å². The largest absolute Gasteiger partial charge is 0.348 e. The Morgan fingerprint density at radius 3 is 2.68 bits per heavy atom. The van der Waals surface area contributed by atoms with E-state index in [1.54, 1.807) is 0 Å². The van der Waals surface area contributed by atoms with Crippen molar-refractivity contribution in [3.8, 4) is 0 Å². The van der Waals surface area contributed by atoms with E-state index in [4.69, 9.17) is 10.8 Å². The zero-order valence-electron chi connectivity index (χ0n) is 14.2. The van der Waals surface area contributed by atoms with Crippen molar-refractivity contribution in [2.45, 2.75) is 57.2 Å². The van der Waals surface area contributed by atoms with Gasteiger partial charge in [-0.25, -0.2) is 0 Å². The summed E-state index contributed by atoms with van der Waals surface area (Å²) in [5.41, 5.74) is 1.32. The molecular weight excluding hydrogens is 276 g/mol. The van der Waals surface area contributed by atoms with E-state index >= 15 is 0 Å². The Bertz CT molecular complexity index is 525. The van der Waals surface area contributed by atoms with Crippen molar-refractivity contribution in [3.05, 3.63) is 35.9 Å². The highest BCUT2D eigenvalue weighted by molar-refractivity contribution is 5.81. The fourth-order valence-corrected chi connectivity index (χ4v) is 3.45. The van der Waals surface area contributed by atoms with Gasteiger partial charge in [0.15, 0.2) is 5.79 Å². The predicted octanol–water partition coefficient (Wildman–Crippen LogP) is 3.90. The second-order valence-corrected chi connectivity index (χ2v) is 6.33. The number of benzene rings is 1. The second-order valence-electron chi connectivity index (χ2n) is 6.33. The fraction of sp³-hybridized carbons (Fsp3) is 0.632. The van der Waals surface area contributed by atoms with Gasteiger partial charge >= 0.3 is 0 Å². The Morgan fingerprint density at radius 1 is 1.14 bits per heavy atom. The summed E-state index contributed by atoms with van der Waals surface area (Å²) in [5, 5.41) is 0. The lowest BCUT2D eigenvalue weighted by Crippen LogP contribution is -2.29. The standard InChI is InChI=1S/C19H26O3/c20-18-11-13-19(21-14-15-22-19)12-10-17(18)9-5-4-8-16-6-2-1-3-7-16/h1-3,6-7,17H,4-5,8-15H2/i17D. The highest BCUT2D eigenvalue weighted by Crippen LogP contribution is 2.36. The molecule has 3 rings (SSSR count). The van der Waals surface area contributed by atoms with Crippen LogP contribution in [0.3, 0.4) is 0 Å². The Kier molecular flexibility index (Phi) is 4.83. The average molecular weight is 303 g/mol. The molecule has 3 heteroatoms. The Hall–Kier alpha value is -1.19. The maximum absolute atomic E-state index is 12.4. The molecule has 22 heavy (non-hydrogen) atoms. The minimum Gasteiger partial charge on any atom is -0.348 e. The monoisotopic (exact) mass is 303 g/mol. The maximum atomic E-state index is 12.4. The summed E-state index contributed by atoms with van der Waals surface area (Å²) in [6.45, 7) is 1.21. The van der Waals surface area contributed by atoms with E-state index in [0.29, 0.717) is 45.3 Å². The molecule has 1 aliphatic heterocycles. The molecule has 0 aromatic heterocycles. The third-order valence-corrected chi connectivity index (χ3v) is 4.79. The van der Waals surface area contributed by atoms with Crippen LogP contribution in [0.15, 0.2) is 30.3 Å². The molecular formula is C19H26O3. The van der Waals surface area contributed by atoms with E-state index in [1.807, 2.05) is 6.07 Å². The normalized spacial score (nSPS) is 28.5. The number of ether oxygens (including phenoxy) is 2. The minimum atomic E-state index is -0.949. The number of rotatable bonds is 5. The molecule has 1 heterocycles. The average Bonchev–Trinajstić information content (AvgIpc) is 3.00. The summed E-state index contributed by atoms with van der Waals surface area (Å²) in [5.74, 6) is -1.47. The Labute approximate surface area is 134 Å². The topological polar surface area (TPSA) is 35.5 Å². The van der Waals surface area contributed by atoms with Gasteiger partial charge in [-0.2, -0.15) is 0 Å². The lowest BCUT2D eigenvalue weighted by molar-refractivity contribution is -0.166. The number of hydrogen-bond donors (Lipinski definition) is 0. The van der Waals surface area contributed by atoms with Gasteiger partial charge in [0.25, 0.3) is 0 Å². The number of aryl methyl sites for hydroxylation is 1. The summed E-state index contributed by atoms with van der Waals surface area (Å²) in [6, 6.07) is 10.4. The molecule has 0 N–H and O–H groups in total. The molecule has 1 aliphatic carbocycles. The first kappa shape index (κ1) is 14.4. The second kappa shape index (κ2) is 7.38. The molecule has 1 saturated carbocycles. The molecule has 0 amide bonds. The number of Topliss-reactive ketones (excluding diaryl/α,β-unsaturated/α-hetero) is 1. The van der Waals surface area contributed by atoms with Gasteiger partial charge in [-0.3, -0.25) is 4.79 Å². The number of hydrogen-bond acceptors (Lipinski definition) is 3. The molecule has 1 aromatic carbocycles.